The van der Waals surface area contributed by atoms with Crippen LogP contribution in [0.15, 0.2) is 0 Å². The molecule has 0 radical (unpaired) electrons. The van der Waals surface area contributed by atoms with Gasteiger partial charge in [-0.1, -0.05) is 0 Å². The van der Waals surface area contributed by atoms with E-state index < -0.39 is 0 Å². The minimum Gasteiger partial charge on any atom is -0.368 e. The van der Waals surface area contributed by atoms with Gasteiger partial charge in [0.2, 0.25) is 5.91 Å². The molecule has 0 aliphatic carbocycles. The lowest BCUT2D eigenvalue weighted by molar-refractivity contribution is -0.146. The molecule has 2 fully saturated rings. The van der Waals surface area contributed by atoms with Crippen molar-refractivity contribution in [3.63, 3.8) is 0 Å². The van der Waals surface area contributed by atoms with Crippen molar-refractivity contribution < 1.29 is 14.3 Å². The lowest BCUT2D eigenvalue weighted by atomic mass is 10.2. The van der Waals surface area contributed by atoms with Crippen molar-refractivity contribution in [2.24, 2.45) is 0 Å². The average Bonchev–Trinajstić information content (AvgIpc) is 3.00. The zero-order chi connectivity index (χ0) is 15.4. The molecule has 0 aromatic heterocycles. The highest BCUT2D eigenvalue weighted by atomic mass is 16.5. The maximum absolute atomic E-state index is 12.2. The molecule has 6 heteroatoms. The highest BCUT2D eigenvalue weighted by Gasteiger charge is 2.31. The minimum atomic E-state index is -0.251. The molecule has 0 bridgehead atoms. The van der Waals surface area contributed by atoms with E-state index >= 15 is 0 Å². The Morgan fingerprint density at radius 2 is 1.81 bits per heavy atom. The maximum Gasteiger partial charge on any atom is 0.251 e. The molecule has 2 aliphatic rings. The van der Waals surface area contributed by atoms with Crippen LogP contribution in [0, 0.1) is 0 Å². The number of nitrogens with zero attached hydrogens (tertiary/aromatic N) is 3. The molecule has 1 unspecified atom stereocenters. The van der Waals surface area contributed by atoms with Gasteiger partial charge in [0, 0.05) is 38.8 Å². The normalized spacial score (nSPS) is 23.2. The van der Waals surface area contributed by atoms with E-state index in [1.807, 2.05) is 21.7 Å². The Hall–Kier alpha value is -1.14. The van der Waals surface area contributed by atoms with Crippen molar-refractivity contribution in [3.8, 4) is 0 Å². The second-order valence-corrected chi connectivity index (χ2v) is 6.22. The molecule has 2 amide bonds. The first-order valence-electron chi connectivity index (χ1n) is 7.87. The lowest BCUT2D eigenvalue weighted by Crippen LogP contribution is -2.54. The van der Waals surface area contributed by atoms with Gasteiger partial charge < -0.3 is 14.5 Å². The fourth-order valence-electron chi connectivity index (χ4n) is 2.65. The monoisotopic (exact) mass is 297 g/mol. The molecule has 6 nitrogen and oxygen atoms in total. The van der Waals surface area contributed by atoms with Crippen LogP contribution in [0.4, 0.5) is 0 Å². The molecule has 2 saturated heterocycles. The van der Waals surface area contributed by atoms with E-state index in [0.29, 0.717) is 45.4 Å². The summed E-state index contributed by atoms with van der Waals surface area (Å²) < 4.78 is 5.44. The van der Waals surface area contributed by atoms with Crippen molar-refractivity contribution in [3.05, 3.63) is 0 Å². The third-order valence-electron chi connectivity index (χ3n) is 4.42. The van der Waals surface area contributed by atoms with E-state index in [1.54, 1.807) is 0 Å². The summed E-state index contributed by atoms with van der Waals surface area (Å²) in [5.41, 5.74) is 0. The maximum atomic E-state index is 12.2. The average molecular weight is 297 g/mol. The standard InChI is InChI=1S/C15H27N3O3/c1-12(2)16(3)11-14(19)17-6-8-18(9-7-17)15(20)13-5-4-10-21-13/h12-13H,4-11H2,1-3H3. The summed E-state index contributed by atoms with van der Waals surface area (Å²) in [6, 6.07) is 0.358. The Bertz CT molecular complexity index is 372. The molecule has 1 atom stereocenters. The van der Waals surface area contributed by atoms with Gasteiger partial charge in [0.05, 0.1) is 6.54 Å². The van der Waals surface area contributed by atoms with Gasteiger partial charge >= 0.3 is 0 Å². The number of piperazine rings is 1. The molecule has 21 heavy (non-hydrogen) atoms. The van der Waals surface area contributed by atoms with Crippen molar-refractivity contribution in [2.45, 2.75) is 38.8 Å². The van der Waals surface area contributed by atoms with Crippen molar-refractivity contribution in [1.82, 2.24) is 14.7 Å². The van der Waals surface area contributed by atoms with E-state index in [1.165, 1.54) is 0 Å². The molecule has 2 heterocycles. The zero-order valence-corrected chi connectivity index (χ0v) is 13.4. The third-order valence-corrected chi connectivity index (χ3v) is 4.42. The number of carbonyl (C=O) groups is 2. The van der Waals surface area contributed by atoms with Gasteiger partial charge in [-0.3, -0.25) is 14.5 Å². The number of likely N-dealkylation sites (N-methyl/N-ethyl adjacent to an activating group) is 1. The Morgan fingerprint density at radius 3 is 2.33 bits per heavy atom. The first kappa shape index (κ1) is 16.2. The molecule has 0 aromatic rings. The van der Waals surface area contributed by atoms with Gasteiger partial charge in [0.25, 0.3) is 5.91 Å². The smallest absolute Gasteiger partial charge is 0.251 e. The Kier molecular flexibility index (Phi) is 5.58. The third kappa shape index (κ3) is 4.17. The Labute approximate surface area is 127 Å². The van der Waals surface area contributed by atoms with Crippen LogP contribution < -0.4 is 0 Å². The first-order chi connectivity index (χ1) is 9.99. The predicted molar refractivity (Wildman–Crippen MR) is 79.9 cm³/mol. The molecular formula is C15H27N3O3. The van der Waals surface area contributed by atoms with Crippen molar-refractivity contribution >= 4 is 11.8 Å². The number of amides is 2. The van der Waals surface area contributed by atoms with Crippen LogP contribution in [0.5, 0.6) is 0 Å². The fraction of sp³-hybridized carbons (Fsp3) is 0.867. The van der Waals surface area contributed by atoms with Gasteiger partial charge in [-0.05, 0) is 33.7 Å². The van der Waals surface area contributed by atoms with E-state index in [0.717, 1.165) is 12.8 Å². The molecule has 2 aliphatic heterocycles. The fourth-order valence-corrected chi connectivity index (χ4v) is 2.65. The SMILES string of the molecule is CC(C)N(C)CC(=O)N1CCN(C(=O)C2CCCO2)CC1. The summed E-state index contributed by atoms with van der Waals surface area (Å²) in [4.78, 5) is 30.2. The van der Waals surface area contributed by atoms with Crippen molar-refractivity contribution in [2.75, 3.05) is 46.4 Å². The van der Waals surface area contributed by atoms with Crippen LogP contribution in [-0.4, -0.2) is 85.0 Å². The van der Waals surface area contributed by atoms with E-state index in [9.17, 15) is 9.59 Å². The Balaban J connectivity index is 1.77. The summed E-state index contributed by atoms with van der Waals surface area (Å²) in [6.45, 7) is 7.78. The summed E-state index contributed by atoms with van der Waals surface area (Å²) in [5, 5.41) is 0. The summed E-state index contributed by atoms with van der Waals surface area (Å²) in [6.07, 6.45) is 1.55. The molecule has 0 aromatic carbocycles. The molecular weight excluding hydrogens is 270 g/mol. The topological polar surface area (TPSA) is 53.1 Å². The van der Waals surface area contributed by atoms with E-state index in [2.05, 4.69) is 13.8 Å². The van der Waals surface area contributed by atoms with Crippen LogP contribution in [0.1, 0.15) is 26.7 Å². The summed E-state index contributed by atoms with van der Waals surface area (Å²) >= 11 is 0. The first-order valence-corrected chi connectivity index (χ1v) is 7.87. The number of carbonyl (C=O) groups excluding carboxylic acids is 2. The van der Waals surface area contributed by atoms with Crippen LogP contribution in [0.3, 0.4) is 0 Å². The van der Waals surface area contributed by atoms with Gasteiger partial charge in [0.15, 0.2) is 0 Å². The second-order valence-electron chi connectivity index (χ2n) is 6.22. The zero-order valence-electron chi connectivity index (χ0n) is 13.4. The van der Waals surface area contributed by atoms with Crippen LogP contribution in [-0.2, 0) is 14.3 Å². The number of hydrogen-bond acceptors (Lipinski definition) is 4. The predicted octanol–water partition coefficient (Wildman–Crippen LogP) is 0.176. The lowest BCUT2D eigenvalue weighted by Gasteiger charge is -2.36. The molecule has 0 spiro atoms. The number of hydrogen-bond donors (Lipinski definition) is 0. The molecule has 120 valence electrons. The van der Waals surface area contributed by atoms with Crippen molar-refractivity contribution in [1.29, 1.82) is 0 Å². The van der Waals surface area contributed by atoms with E-state index in [-0.39, 0.29) is 17.9 Å². The van der Waals surface area contributed by atoms with Crippen LogP contribution in [0.25, 0.3) is 0 Å². The number of ether oxygens (including phenoxy) is 1. The van der Waals surface area contributed by atoms with Gasteiger partial charge in [-0.2, -0.15) is 0 Å². The minimum absolute atomic E-state index is 0.0962. The van der Waals surface area contributed by atoms with E-state index in [4.69, 9.17) is 4.74 Å². The second kappa shape index (κ2) is 7.22. The number of rotatable bonds is 4. The highest BCUT2D eigenvalue weighted by molar-refractivity contribution is 5.82. The van der Waals surface area contributed by atoms with Crippen LogP contribution >= 0.6 is 0 Å². The largest absolute Gasteiger partial charge is 0.368 e. The molecule has 0 N–H and O–H groups in total. The molecule has 0 saturated carbocycles. The molecule has 2 rings (SSSR count). The Morgan fingerprint density at radius 1 is 1.19 bits per heavy atom. The quantitative estimate of drug-likeness (QED) is 0.743. The van der Waals surface area contributed by atoms with Gasteiger partial charge in [-0.15, -0.1) is 0 Å². The van der Waals surface area contributed by atoms with Crippen LogP contribution in [0.2, 0.25) is 0 Å². The summed E-state index contributed by atoms with van der Waals surface area (Å²) in [5.74, 6) is 0.245. The van der Waals surface area contributed by atoms with Gasteiger partial charge in [0.1, 0.15) is 6.10 Å². The highest BCUT2D eigenvalue weighted by Crippen LogP contribution is 2.16. The summed E-state index contributed by atoms with van der Waals surface area (Å²) in [7, 11) is 1.96. The van der Waals surface area contributed by atoms with Gasteiger partial charge in [-0.25, -0.2) is 0 Å².